The van der Waals surface area contributed by atoms with Gasteiger partial charge >= 0.3 is 0 Å². The molecule has 0 heterocycles. The van der Waals surface area contributed by atoms with Gasteiger partial charge in [0.2, 0.25) is 0 Å². The molecule has 1 aromatic carbocycles. The maximum atomic E-state index is 14.4. The summed E-state index contributed by atoms with van der Waals surface area (Å²) in [7, 11) is 0. The van der Waals surface area contributed by atoms with Crippen LogP contribution < -0.4 is 0 Å². The quantitative estimate of drug-likeness (QED) is 0.562. The second-order valence-corrected chi connectivity index (χ2v) is 8.59. The second-order valence-electron chi connectivity index (χ2n) is 8.59. The summed E-state index contributed by atoms with van der Waals surface area (Å²) in [6, 6.07) is 3.60. The normalized spacial score (nSPS) is 13.8. The van der Waals surface area contributed by atoms with E-state index in [-0.39, 0.29) is 22.1 Å². The van der Waals surface area contributed by atoms with E-state index in [9.17, 15) is 4.39 Å². The fraction of sp³-hybridized carbons (Fsp3) is 0.667. The van der Waals surface area contributed by atoms with Crippen molar-refractivity contribution in [3.8, 4) is 0 Å². The van der Waals surface area contributed by atoms with Crippen molar-refractivity contribution >= 4 is 0 Å². The first-order valence-electron chi connectivity index (χ1n) is 7.10. The molecule has 108 valence electrons. The fourth-order valence-electron chi connectivity index (χ4n) is 2.71. The number of rotatable bonds is 0. The summed E-state index contributed by atoms with van der Waals surface area (Å²) in [6.45, 7) is 19.4. The largest absolute Gasteiger partial charge is 0.207 e. The smallest absolute Gasteiger partial charge is 0.127 e. The molecular weight excluding hydrogens is 235 g/mol. The van der Waals surface area contributed by atoms with Gasteiger partial charge in [0.25, 0.3) is 0 Å². The average molecular weight is 264 g/mol. The lowest BCUT2D eigenvalue weighted by Crippen LogP contribution is -2.29. The predicted molar refractivity (Wildman–Crippen MR) is 82.5 cm³/mol. The molecule has 19 heavy (non-hydrogen) atoms. The number of hydrogen-bond acceptors (Lipinski definition) is 0. The van der Waals surface area contributed by atoms with Gasteiger partial charge in [0.15, 0.2) is 0 Å². The summed E-state index contributed by atoms with van der Waals surface area (Å²) in [5.41, 5.74) is 3.07. The van der Waals surface area contributed by atoms with Crippen LogP contribution in [-0.4, -0.2) is 0 Å². The third-order valence-corrected chi connectivity index (χ3v) is 3.46. The highest BCUT2D eigenvalue weighted by molar-refractivity contribution is 5.47. The zero-order chi connectivity index (χ0) is 15.2. The highest BCUT2D eigenvalue weighted by atomic mass is 19.1. The third kappa shape index (κ3) is 3.38. The molecule has 0 saturated carbocycles. The first-order valence-corrected chi connectivity index (χ1v) is 7.10. The molecule has 0 aliphatic carbocycles. The van der Waals surface area contributed by atoms with Gasteiger partial charge in [-0.2, -0.15) is 0 Å². The standard InChI is InChI=1S/C18H29F/c1-16(2,3)12-10-11-13(19)15(18(7,8)9)14(12)17(4,5)6/h10-11H,1-9H3. The highest BCUT2D eigenvalue weighted by Crippen LogP contribution is 2.41. The van der Waals surface area contributed by atoms with E-state index in [1.165, 1.54) is 11.1 Å². The summed E-state index contributed by atoms with van der Waals surface area (Å²) in [5, 5.41) is 0. The Morgan fingerprint density at radius 1 is 0.632 bits per heavy atom. The summed E-state index contributed by atoms with van der Waals surface area (Å²) in [6.07, 6.45) is 0. The van der Waals surface area contributed by atoms with Crippen molar-refractivity contribution in [1.82, 2.24) is 0 Å². The van der Waals surface area contributed by atoms with E-state index >= 15 is 0 Å². The predicted octanol–water partition coefficient (Wildman–Crippen LogP) is 5.72. The summed E-state index contributed by atoms with van der Waals surface area (Å²) < 4.78 is 14.4. The lowest BCUT2D eigenvalue weighted by atomic mass is 9.68. The minimum Gasteiger partial charge on any atom is -0.207 e. The Hall–Kier alpha value is -0.850. The van der Waals surface area contributed by atoms with Gasteiger partial charge in [-0.15, -0.1) is 0 Å². The fourth-order valence-corrected chi connectivity index (χ4v) is 2.71. The molecule has 0 radical (unpaired) electrons. The van der Waals surface area contributed by atoms with Gasteiger partial charge in [0, 0.05) is 0 Å². The maximum absolute atomic E-state index is 14.4. The first-order chi connectivity index (χ1) is 8.26. The van der Waals surface area contributed by atoms with E-state index < -0.39 is 0 Å². The van der Waals surface area contributed by atoms with Crippen molar-refractivity contribution in [2.45, 2.75) is 78.6 Å². The molecule has 1 aromatic rings. The molecule has 0 fully saturated rings. The molecule has 0 unspecified atom stereocenters. The molecular formula is C18H29F. The van der Waals surface area contributed by atoms with E-state index in [1.807, 2.05) is 6.07 Å². The van der Waals surface area contributed by atoms with Gasteiger partial charge in [-0.25, -0.2) is 4.39 Å². The van der Waals surface area contributed by atoms with Crippen LogP contribution in [0.2, 0.25) is 0 Å². The third-order valence-electron chi connectivity index (χ3n) is 3.46. The number of hydrogen-bond donors (Lipinski definition) is 0. The average Bonchev–Trinajstić information content (AvgIpc) is 2.11. The van der Waals surface area contributed by atoms with Crippen molar-refractivity contribution in [3.63, 3.8) is 0 Å². The molecule has 0 atom stereocenters. The van der Waals surface area contributed by atoms with Crippen LogP contribution in [0, 0.1) is 5.82 Å². The minimum absolute atomic E-state index is 0.0241. The van der Waals surface area contributed by atoms with Crippen LogP contribution in [0.25, 0.3) is 0 Å². The number of benzene rings is 1. The first kappa shape index (κ1) is 16.2. The molecule has 0 aromatic heterocycles. The van der Waals surface area contributed by atoms with Crippen LogP contribution in [0.4, 0.5) is 4.39 Å². The molecule has 0 bridgehead atoms. The lowest BCUT2D eigenvalue weighted by Gasteiger charge is -2.36. The Balaban J connectivity index is 3.82. The van der Waals surface area contributed by atoms with Gasteiger partial charge < -0.3 is 0 Å². The Kier molecular flexibility index (Phi) is 3.93. The van der Waals surface area contributed by atoms with Crippen LogP contribution in [0.15, 0.2) is 12.1 Å². The van der Waals surface area contributed by atoms with E-state index in [4.69, 9.17) is 0 Å². The van der Waals surface area contributed by atoms with Gasteiger partial charge in [-0.1, -0.05) is 68.4 Å². The zero-order valence-corrected chi connectivity index (χ0v) is 14.0. The molecule has 0 N–H and O–H groups in total. The van der Waals surface area contributed by atoms with Crippen molar-refractivity contribution in [2.24, 2.45) is 0 Å². The van der Waals surface area contributed by atoms with Crippen molar-refractivity contribution < 1.29 is 4.39 Å². The van der Waals surface area contributed by atoms with Gasteiger partial charge in [-0.05, 0) is 39.0 Å². The van der Waals surface area contributed by atoms with Crippen molar-refractivity contribution in [3.05, 3.63) is 34.6 Å². The molecule has 1 heteroatoms. The zero-order valence-electron chi connectivity index (χ0n) is 14.0. The Morgan fingerprint density at radius 3 is 1.37 bits per heavy atom. The minimum atomic E-state index is -0.187. The van der Waals surface area contributed by atoms with Crippen LogP contribution in [0.1, 0.15) is 79.0 Å². The van der Waals surface area contributed by atoms with E-state index in [0.29, 0.717) is 0 Å². The maximum Gasteiger partial charge on any atom is 0.127 e. The van der Waals surface area contributed by atoms with Crippen LogP contribution >= 0.6 is 0 Å². The topological polar surface area (TPSA) is 0 Å². The molecule has 0 amide bonds. The summed E-state index contributed by atoms with van der Waals surface area (Å²) in [4.78, 5) is 0. The lowest BCUT2D eigenvalue weighted by molar-refractivity contribution is 0.467. The monoisotopic (exact) mass is 264 g/mol. The molecule has 0 aliphatic rings. The molecule has 0 aliphatic heterocycles. The van der Waals surface area contributed by atoms with Gasteiger partial charge in [-0.3, -0.25) is 0 Å². The van der Waals surface area contributed by atoms with Crippen LogP contribution in [0.5, 0.6) is 0 Å². The van der Waals surface area contributed by atoms with E-state index in [0.717, 1.165) is 5.56 Å². The molecule has 1 rings (SSSR count). The summed E-state index contributed by atoms with van der Waals surface area (Å²) >= 11 is 0. The van der Waals surface area contributed by atoms with Gasteiger partial charge in [0.05, 0.1) is 0 Å². The molecule has 0 nitrogen and oxygen atoms in total. The SMILES string of the molecule is CC(C)(C)c1ccc(F)c(C(C)(C)C)c1C(C)(C)C. The Morgan fingerprint density at radius 2 is 1.05 bits per heavy atom. The highest BCUT2D eigenvalue weighted by Gasteiger charge is 2.33. The summed E-state index contributed by atoms with van der Waals surface area (Å²) in [5.74, 6) is -0.0783. The van der Waals surface area contributed by atoms with E-state index in [1.54, 1.807) is 6.07 Å². The Labute approximate surface area is 118 Å². The van der Waals surface area contributed by atoms with Gasteiger partial charge in [0.1, 0.15) is 5.82 Å². The Bertz CT molecular complexity index is 462. The van der Waals surface area contributed by atoms with Crippen molar-refractivity contribution in [1.29, 1.82) is 0 Å². The molecule has 0 spiro atoms. The van der Waals surface area contributed by atoms with Crippen molar-refractivity contribution in [2.75, 3.05) is 0 Å². The van der Waals surface area contributed by atoms with Crippen LogP contribution in [-0.2, 0) is 16.2 Å². The van der Waals surface area contributed by atoms with E-state index in [2.05, 4.69) is 62.3 Å². The number of halogens is 1. The molecule has 0 saturated heterocycles. The van der Waals surface area contributed by atoms with Crippen LogP contribution in [0.3, 0.4) is 0 Å². The second kappa shape index (κ2) is 4.61.